The maximum atomic E-state index is 12.6. The Bertz CT molecular complexity index is 769. The molecule has 0 N–H and O–H groups in total. The number of nitro groups is 1. The number of hydrogen-bond donors (Lipinski definition) is 0. The predicted octanol–water partition coefficient (Wildman–Crippen LogP) is 3.84. The zero-order valence-corrected chi connectivity index (χ0v) is 15.4. The number of ether oxygens (including phenoxy) is 1. The van der Waals surface area contributed by atoms with Crippen molar-refractivity contribution in [2.24, 2.45) is 5.92 Å². The van der Waals surface area contributed by atoms with Gasteiger partial charge in [0, 0.05) is 25.2 Å². The average Bonchev–Trinajstić information content (AvgIpc) is 2.69. The molecule has 142 valence electrons. The van der Waals surface area contributed by atoms with Gasteiger partial charge in [-0.25, -0.2) is 0 Å². The second-order valence-corrected chi connectivity index (χ2v) is 6.97. The normalized spacial score (nSPS) is 16.0. The zero-order valence-electron chi connectivity index (χ0n) is 15.4. The summed E-state index contributed by atoms with van der Waals surface area (Å²) in [5, 5.41) is 10.7. The molecule has 1 fully saturated rings. The number of nitrogens with zero attached hydrogens (tertiary/aromatic N) is 2. The molecular weight excluding hydrogens is 344 g/mol. The molecule has 3 rings (SSSR count). The third-order valence-electron chi connectivity index (χ3n) is 5.00. The average molecular weight is 368 g/mol. The van der Waals surface area contributed by atoms with Gasteiger partial charge in [-0.05, 0) is 49.8 Å². The summed E-state index contributed by atoms with van der Waals surface area (Å²) in [5.41, 5.74) is 1.35. The van der Waals surface area contributed by atoms with E-state index in [2.05, 4.69) is 24.3 Å². The van der Waals surface area contributed by atoms with Gasteiger partial charge >= 0.3 is 0 Å². The van der Waals surface area contributed by atoms with Crippen molar-refractivity contribution in [3.8, 4) is 5.75 Å². The van der Waals surface area contributed by atoms with Crippen molar-refractivity contribution in [2.75, 3.05) is 13.1 Å². The first-order valence-corrected chi connectivity index (χ1v) is 9.27. The van der Waals surface area contributed by atoms with Crippen LogP contribution in [0.5, 0.6) is 5.75 Å². The number of carbonyl (C=O) groups is 1. The molecule has 1 heterocycles. The number of piperidine rings is 1. The van der Waals surface area contributed by atoms with Gasteiger partial charge in [0.2, 0.25) is 0 Å². The van der Waals surface area contributed by atoms with Crippen molar-refractivity contribution in [3.05, 3.63) is 70.3 Å². The molecule has 1 aliphatic heterocycles. The Hall–Kier alpha value is -2.89. The standard InChI is InChI=1S/C21H24N2O4/c1-16(27-20-9-7-19(8-10-20)23(25)26)21(24)22-13-11-18(12-14-22)15-17-5-3-2-4-6-17/h2-10,16,18H,11-15H2,1H3. The summed E-state index contributed by atoms with van der Waals surface area (Å²) in [6, 6.07) is 16.2. The molecule has 6 nitrogen and oxygen atoms in total. The van der Waals surface area contributed by atoms with Crippen LogP contribution in [0.4, 0.5) is 5.69 Å². The van der Waals surface area contributed by atoms with Crippen LogP contribution in [0.25, 0.3) is 0 Å². The summed E-state index contributed by atoms with van der Waals surface area (Å²) < 4.78 is 5.67. The topological polar surface area (TPSA) is 72.7 Å². The Labute approximate surface area is 158 Å². The number of amides is 1. The van der Waals surface area contributed by atoms with Gasteiger partial charge in [0.05, 0.1) is 4.92 Å². The van der Waals surface area contributed by atoms with Crippen LogP contribution in [0, 0.1) is 16.0 Å². The Morgan fingerprint density at radius 2 is 1.78 bits per heavy atom. The minimum atomic E-state index is -0.614. The van der Waals surface area contributed by atoms with Crippen molar-refractivity contribution in [1.29, 1.82) is 0 Å². The van der Waals surface area contributed by atoms with Crippen molar-refractivity contribution < 1.29 is 14.5 Å². The quantitative estimate of drug-likeness (QED) is 0.573. The molecule has 6 heteroatoms. The van der Waals surface area contributed by atoms with Crippen LogP contribution in [0.15, 0.2) is 54.6 Å². The van der Waals surface area contributed by atoms with Crippen LogP contribution in [0.2, 0.25) is 0 Å². The molecule has 0 aromatic heterocycles. The molecule has 1 unspecified atom stereocenters. The summed E-state index contributed by atoms with van der Waals surface area (Å²) in [6.45, 7) is 3.20. The monoisotopic (exact) mass is 368 g/mol. The maximum Gasteiger partial charge on any atom is 0.269 e. The second kappa shape index (κ2) is 8.66. The van der Waals surface area contributed by atoms with Gasteiger partial charge in [0.25, 0.3) is 11.6 Å². The molecule has 0 bridgehead atoms. The minimum Gasteiger partial charge on any atom is -0.481 e. The van der Waals surface area contributed by atoms with Gasteiger partial charge in [0.1, 0.15) is 5.75 Å². The van der Waals surface area contributed by atoms with E-state index in [1.165, 1.54) is 29.8 Å². The third kappa shape index (κ3) is 5.06. The predicted molar refractivity (Wildman–Crippen MR) is 103 cm³/mol. The van der Waals surface area contributed by atoms with Gasteiger partial charge in [-0.1, -0.05) is 30.3 Å². The van der Waals surface area contributed by atoms with Gasteiger partial charge in [-0.2, -0.15) is 0 Å². The van der Waals surface area contributed by atoms with E-state index in [9.17, 15) is 14.9 Å². The van der Waals surface area contributed by atoms with Gasteiger partial charge in [-0.15, -0.1) is 0 Å². The van der Waals surface area contributed by atoms with Crippen LogP contribution < -0.4 is 4.74 Å². The smallest absolute Gasteiger partial charge is 0.269 e. The number of likely N-dealkylation sites (tertiary alicyclic amines) is 1. The number of rotatable bonds is 6. The Kier molecular flexibility index (Phi) is 6.06. The fourth-order valence-electron chi connectivity index (χ4n) is 3.46. The molecule has 2 aromatic carbocycles. The lowest BCUT2D eigenvalue weighted by Gasteiger charge is -2.33. The highest BCUT2D eigenvalue weighted by atomic mass is 16.6. The van der Waals surface area contributed by atoms with Crippen LogP contribution in [0.1, 0.15) is 25.3 Å². The minimum absolute atomic E-state index is 0.00168. The van der Waals surface area contributed by atoms with E-state index >= 15 is 0 Å². The molecule has 0 radical (unpaired) electrons. The fraction of sp³-hybridized carbons (Fsp3) is 0.381. The Balaban J connectivity index is 1.48. The Morgan fingerprint density at radius 3 is 2.37 bits per heavy atom. The lowest BCUT2D eigenvalue weighted by atomic mass is 9.90. The summed E-state index contributed by atoms with van der Waals surface area (Å²) in [5.74, 6) is 1.02. The zero-order chi connectivity index (χ0) is 19.2. The highest BCUT2D eigenvalue weighted by Crippen LogP contribution is 2.23. The largest absolute Gasteiger partial charge is 0.481 e. The summed E-state index contributed by atoms with van der Waals surface area (Å²) in [4.78, 5) is 24.7. The first-order chi connectivity index (χ1) is 13.0. The fourth-order valence-corrected chi connectivity index (χ4v) is 3.46. The van der Waals surface area contributed by atoms with E-state index in [1.807, 2.05) is 11.0 Å². The summed E-state index contributed by atoms with van der Waals surface area (Å²) in [7, 11) is 0. The first-order valence-electron chi connectivity index (χ1n) is 9.27. The van der Waals surface area contributed by atoms with E-state index in [0.717, 1.165) is 32.4 Å². The molecule has 0 aliphatic carbocycles. The van der Waals surface area contributed by atoms with Crippen LogP contribution in [0.3, 0.4) is 0 Å². The molecule has 1 amide bonds. The van der Waals surface area contributed by atoms with Gasteiger partial charge < -0.3 is 9.64 Å². The first kappa shape index (κ1) is 18.9. The van der Waals surface area contributed by atoms with Crippen LogP contribution in [-0.4, -0.2) is 34.9 Å². The SMILES string of the molecule is CC(Oc1ccc([N+](=O)[O-])cc1)C(=O)N1CCC(Cc2ccccc2)CC1. The molecule has 1 aliphatic rings. The van der Waals surface area contributed by atoms with Gasteiger partial charge in [0.15, 0.2) is 6.10 Å². The molecule has 2 aromatic rings. The van der Waals surface area contributed by atoms with E-state index in [1.54, 1.807) is 6.92 Å². The van der Waals surface area contributed by atoms with Gasteiger partial charge in [-0.3, -0.25) is 14.9 Å². The lowest BCUT2D eigenvalue weighted by molar-refractivity contribution is -0.384. The molecule has 1 saturated heterocycles. The van der Waals surface area contributed by atoms with Crippen molar-refractivity contribution in [1.82, 2.24) is 4.90 Å². The van der Waals surface area contributed by atoms with E-state index in [4.69, 9.17) is 4.74 Å². The molecular formula is C21H24N2O4. The molecule has 0 saturated carbocycles. The van der Waals surface area contributed by atoms with Crippen molar-refractivity contribution in [3.63, 3.8) is 0 Å². The summed E-state index contributed by atoms with van der Waals surface area (Å²) >= 11 is 0. The van der Waals surface area contributed by atoms with Crippen molar-refractivity contribution in [2.45, 2.75) is 32.3 Å². The second-order valence-electron chi connectivity index (χ2n) is 6.97. The van der Waals surface area contributed by atoms with E-state index in [0.29, 0.717) is 11.7 Å². The molecule has 0 spiro atoms. The number of carbonyl (C=O) groups excluding carboxylic acids is 1. The Morgan fingerprint density at radius 1 is 1.15 bits per heavy atom. The van der Waals surface area contributed by atoms with E-state index in [-0.39, 0.29) is 11.6 Å². The molecule has 27 heavy (non-hydrogen) atoms. The lowest BCUT2D eigenvalue weighted by Crippen LogP contribution is -2.45. The van der Waals surface area contributed by atoms with E-state index < -0.39 is 11.0 Å². The van der Waals surface area contributed by atoms with Crippen LogP contribution in [-0.2, 0) is 11.2 Å². The highest BCUT2D eigenvalue weighted by molar-refractivity contribution is 5.81. The number of hydrogen-bond acceptors (Lipinski definition) is 4. The number of nitro benzene ring substituents is 1. The molecule has 1 atom stereocenters. The third-order valence-corrected chi connectivity index (χ3v) is 5.00. The maximum absolute atomic E-state index is 12.6. The van der Waals surface area contributed by atoms with Crippen molar-refractivity contribution >= 4 is 11.6 Å². The number of benzene rings is 2. The van der Waals surface area contributed by atoms with Crippen LogP contribution >= 0.6 is 0 Å². The highest BCUT2D eigenvalue weighted by Gasteiger charge is 2.27. The number of non-ortho nitro benzene ring substituents is 1. The summed E-state index contributed by atoms with van der Waals surface area (Å²) in [6.07, 6.45) is 2.42.